The first-order valence-electron chi connectivity index (χ1n) is 7.63. The Labute approximate surface area is 144 Å². The minimum absolute atomic E-state index is 0.203. The molecule has 25 heavy (non-hydrogen) atoms. The third-order valence-corrected chi connectivity index (χ3v) is 3.83. The Hall–Kier alpha value is -3.28. The van der Waals surface area contributed by atoms with Crippen LogP contribution in [-0.4, -0.2) is 25.4 Å². The van der Waals surface area contributed by atoms with Gasteiger partial charge in [-0.25, -0.2) is 0 Å². The van der Waals surface area contributed by atoms with E-state index >= 15 is 0 Å². The smallest absolute Gasteiger partial charge is 0.255 e. The van der Waals surface area contributed by atoms with Gasteiger partial charge in [-0.15, -0.1) is 0 Å². The first-order chi connectivity index (χ1) is 12.0. The van der Waals surface area contributed by atoms with Crippen molar-refractivity contribution in [2.24, 2.45) is 5.73 Å². The van der Waals surface area contributed by atoms with Gasteiger partial charge in [-0.3, -0.25) is 9.59 Å². The molecule has 3 rings (SSSR count). The van der Waals surface area contributed by atoms with Crippen LogP contribution < -0.4 is 19.9 Å². The van der Waals surface area contributed by atoms with Crippen molar-refractivity contribution in [3.05, 3.63) is 58.8 Å². The summed E-state index contributed by atoms with van der Waals surface area (Å²) in [5.41, 5.74) is 6.91. The monoisotopic (exact) mass is 339 g/mol. The predicted octanol–water partition coefficient (Wildman–Crippen LogP) is 2.48. The predicted molar refractivity (Wildman–Crippen MR) is 91.8 cm³/mol. The zero-order valence-corrected chi connectivity index (χ0v) is 13.9. The molecule has 0 radical (unpaired) electrons. The van der Waals surface area contributed by atoms with Gasteiger partial charge in [0.15, 0.2) is 12.4 Å². The third kappa shape index (κ3) is 3.19. The van der Waals surface area contributed by atoms with Crippen LogP contribution in [0.15, 0.2) is 42.2 Å². The second-order valence-electron chi connectivity index (χ2n) is 5.50. The van der Waals surface area contributed by atoms with Gasteiger partial charge in [0.05, 0.1) is 12.7 Å². The summed E-state index contributed by atoms with van der Waals surface area (Å²) in [6, 6.07) is 10.6. The highest BCUT2D eigenvalue weighted by Gasteiger charge is 2.30. The number of hydrogen-bond donors (Lipinski definition) is 1. The highest BCUT2D eigenvalue weighted by atomic mass is 16.5. The number of Topliss-reactive ketones (excluding diaryl/α,β-unsaturated/α-hetero) is 1. The number of benzene rings is 2. The number of amides is 1. The van der Waals surface area contributed by atoms with E-state index in [1.165, 1.54) is 0 Å². The molecule has 128 valence electrons. The maximum Gasteiger partial charge on any atom is 0.255 e. The van der Waals surface area contributed by atoms with E-state index in [2.05, 4.69) is 0 Å². The van der Waals surface area contributed by atoms with Gasteiger partial charge in [0, 0.05) is 11.1 Å². The van der Waals surface area contributed by atoms with E-state index < -0.39 is 5.91 Å². The van der Waals surface area contributed by atoms with E-state index in [0.29, 0.717) is 28.4 Å². The Morgan fingerprint density at radius 2 is 1.96 bits per heavy atom. The molecule has 6 nitrogen and oxygen atoms in total. The number of ether oxygens (including phenoxy) is 3. The molecule has 2 N–H and O–H groups in total. The molecule has 6 heteroatoms. The molecule has 0 saturated heterocycles. The molecule has 2 aromatic rings. The third-order valence-electron chi connectivity index (χ3n) is 3.83. The highest BCUT2D eigenvalue weighted by molar-refractivity contribution is 6.15. The van der Waals surface area contributed by atoms with Crippen LogP contribution in [0.2, 0.25) is 0 Å². The number of ketones is 1. The molecule has 0 saturated carbocycles. The minimum Gasteiger partial charge on any atom is -0.496 e. The van der Waals surface area contributed by atoms with Gasteiger partial charge in [0.2, 0.25) is 5.78 Å². The lowest BCUT2D eigenvalue weighted by Gasteiger charge is -2.10. The Balaban J connectivity index is 1.94. The summed E-state index contributed by atoms with van der Waals surface area (Å²) in [6.07, 6.45) is 1.64. The van der Waals surface area contributed by atoms with Gasteiger partial charge in [-0.1, -0.05) is 18.2 Å². The number of primary amides is 1. The van der Waals surface area contributed by atoms with Crippen molar-refractivity contribution in [2.75, 3.05) is 13.7 Å². The molecule has 0 spiro atoms. The van der Waals surface area contributed by atoms with Crippen LogP contribution in [0.25, 0.3) is 6.08 Å². The van der Waals surface area contributed by atoms with Crippen molar-refractivity contribution < 1.29 is 23.8 Å². The summed E-state index contributed by atoms with van der Waals surface area (Å²) in [4.78, 5) is 23.5. The van der Waals surface area contributed by atoms with Gasteiger partial charge >= 0.3 is 0 Å². The average Bonchev–Trinajstić information content (AvgIpc) is 2.92. The Morgan fingerprint density at radius 3 is 2.68 bits per heavy atom. The number of carbonyl (C=O) groups excluding carboxylic acids is 2. The first-order valence-corrected chi connectivity index (χ1v) is 7.63. The summed E-state index contributed by atoms with van der Waals surface area (Å²) in [5.74, 6) is 0.926. The minimum atomic E-state index is -0.575. The molecule has 1 aliphatic rings. The molecular weight excluding hydrogens is 322 g/mol. The molecular formula is C19H17NO5. The van der Waals surface area contributed by atoms with Crippen molar-refractivity contribution in [3.8, 4) is 17.2 Å². The summed E-state index contributed by atoms with van der Waals surface area (Å²) in [7, 11) is 1.57. The van der Waals surface area contributed by atoms with Crippen molar-refractivity contribution in [1.82, 2.24) is 0 Å². The van der Waals surface area contributed by atoms with Crippen LogP contribution >= 0.6 is 0 Å². The SMILES string of the molecule is COc1ccccc1/C=C1\Oc2c(ccc(OCC(N)=O)c2C)C1=O. The lowest BCUT2D eigenvalue weighted by atomic mass is 10.1. The summed E-state index contributed by atoms with van der Waals surface area (Å²) >= 11 is 0. The van der Waals surface area contributed by atoms with Crippen LogP contribution in [0.5, 0.6) is 17.2 Å². The number of rotatable bonds is 5. The summed E-state index contributed by atoms with van der Waals surface area (Å²) < 4.78 is 16.4. The largest absolute Gasteiger partial charge is 0.496 e. The van der Waals surface area contributed by atoms with Crippen LogP contribution in [0.1, 0.15) is 21.5 Å². The number of hydrogen-bond acceptors (Lipinski definition) is 5. The topological polar surface area (TPSA) is 87.8 Å². The zero-order chi connectivity index (χ0) is 18.0. The number of allylic oxidation sites excluding steroid dienone is 1. The molecule has 1 amide bonds. The Morgan fingerprint density at radius 1 is 1.20 bits per heavy atom. The van der Waals surface area contributed by atoms with E-state index in [4.69, 9.17) is 19.9 Å². The molecule has 0 bridgehead atoms. The van der Waals surface area contributed by atoms with Crippen LogP contribution in [0, 0.1) is 6.92 Å². The van der Waals surface area contributed by atoms with Gasteiger partial charge < -0.3 is 19.9 Å². The highest BCUT2D eigenvalue weighted by Crippen LogP contribution is 2.39. The number of fused-ring (bicyclic) bond motifs is 1. The van der Waals surface area contributed by atoms with Gasteiger partial charge in [0.1, 0.15) is 17.2 Å². The van der Waals surface area contributed by atoms with Gasteiger partial charge in [0.25, 0.3) is 5.91 Å². The van der Waals surface area contributed by atoms with E-state index in [-0.39, 0.29) is 18.1 Å². The molecule has 0 unspecified atom stereocenters. The van der Waals surface area contributed by atoms with Gasteiger partial charge in [-0.2, -0.15) is 0 Å². The fourth-order valence-corrected chi connectivity index (χ4v) is 2.60. The van der Waals surface area contributed by atoms with Crippen molar-refractivity contribution in [2.45, 2.75) is 6.92 Å². The molecule has 0 aromatic heterocycles. The van der Waals surface area contributed by atoms with E-state index in [1.54, 1.807) is 38.3 Å². The number of carbonyl (C=O) groups is 2. The second-order valence-corrected chi connectivity index (χ2v) is 5.50. The maximum absolute atomic E-state index is 12.6. The van der Waals surface area contributed by atoms with Crippen LogP contribution in [-0.2, 0) is 4.79 Å². The number of nitrogens with two attached hydrogens (primary N) is 1. The summed E-state index contributed by atoms with van der Waals surface area (Å²) in [5, 5.41) is 0. The van der Waals surface area contributed by atoms with Crippen LogP contribution in [0.3, 0.4) is 0 Å². The van der Waals surface area contributed by atoms with E-state index in [9.17, 15) is 9.59 Å². The van der Waals surface area contributed by atoms with Crippen molar-refractivity contribution >= 4 is 17.8 Å². The molecule has 1 aliphatic heterocycles. The molecule has 0 atom stereocenters. The quantitative estimate of drug-likeness (QED) is 0.846. The summed E-state index contributed by atoms with van der Waals surface area (Å²) in [6.45, 7) is 1.52. The first kappa shape index (κ1) is 16.6. The molecule has 1 heterocycles. The maximum atomic E-state index is 12.6. The lowest BCUT2D eigenvalue weighted by Crippen LogP contribution is -2.20. The van der Waals surface area contributed by atoms with E-state index in [0.717, 1.165) is 5.56 Å². The fraction of sp³-hybridized carbons (Fsp3) is 0.158. The average molecular weight is 339 g/mol. The van der Waals surface area contributed by atoms with Crippen molar-refractivity contribution in [1.29, 1.82) is 0 Å². The van der Waals surface area contributed by atoms with E-state index in [1.807, 2.05) is 18.2 Å². The van der Waals surface area contributed by atoms with Crippen molar-refractivity contribution in [3.63, 3.8) is 0 Å². The lowest BCUT2D eigenvalue weighted by molar-refractivity contribution is -0.119. The standard InChI is InChI=1S/C19H17NO5/c1-11-14(24-10-17(20)21)8-7-13-18(22)16(25-19(11)13)9-12-5-3-4-6-15(12)23-2/h3-9H,10H2,1-2H3,(H2,20,21)/b16-9-. The molecule has 0 aliphatic carbocycles. The van der Waals surface area contributed by atoms with Gasteiger partial charge in [-0.05, 0) is 31.2 Å². The fourth-order valence-electron chi connectivity index (χ4n) is 2.60. The number of para-hydroxylation sites is 1. The Kier molecular flexibility index (Phi) is 4.43. The normalized spacial score (nSPS) is 14.2. The molecule has 2 aromatic carbocycles. The zero-order valence-electron chi connectivity index (χ0n) is 13.9. The number of methoxy groups -OCH3 is 1. The Bertz CT molecular complexity index is 885. The second kappa shape index (κ2) is 6.68. The van der Waals surface area contributed by atoms with Crippen LogP contribution in [0.4, 0.5) is 0 Å². The molecule has 0 fully saturated rings.